The van der Waals surface area contributed by atoms with Crippen molar-refractivity contribution in [2.75, 3.05) is 6.54 Å². The number of rotatable bonds is 4. The molecule has 0 saturated carbocycles. The fourth-order valence-corrected chi connectivity index (χ4v) is 3.81. The van der Waals surface area contributed by atoms with Crippen molar-refractivity contribution in [2.24, 2.45) is 0 Å². The number of nitro benzene ring substituents is 1. The van der Waals surface area contributed by atoms with Crippen LogP contribution in [-0.4, -0.2) is 32.6 Å². The van der Waals surface area contributed by atoms with Crippen LogP contribution in [0.1, 0.15) is 36.4 Å². The minimum atomic E-state index is -4.63. The Morgan fingerprint density at radius 1 is 1.31 bits per heavy atom. The van der Waals surface area contributed by atoms with E-state index in [-0.39, 0.29) is 5.69 Å². The first kappa shape index (κ1) is 20.8. The van der Waals surface area contributed by atoms with Crippen LogP contribution < -0.4 is 4.72 Å². The summed E-state index contributed by atoms with van der Waals surface area (Å²) in [6.45, 7) is 0.381. The van der Waals surface area contributed by atoms with Gasteiger partial charge in [-0.15, -0.1) is 5.10 Å². The lowest BCUT2D eigenvalue weighted by atomic mass is 9.95. The van der Waals surface area contributed by atoms with Crippen LogP contribution in [0.4, 0.5) is 23.7 Å². The van der Waals surface area contributed by atoms with Gasteiger partial charge in [-0.05, 0) is 30.9 Å². The Balaban J connectivity index is 1.76. The molecule has 1 aliphatic heterocycles. The third kappa shape index (κ3) is 4.94. The summed E-state index contributed by atoms with van der Waals surface area (Å²) in [6, 6.07) is 5.79. The molecule has 29 heavy (non-hydrogen) atoms. The van der Waals surface area contributed by atoms with E-state index >= 15 is 0 Å². The number of carbonyl (C=O) groups is 1. The van der Waals surface area contributed by atoms with Crippen molar-refractivity contribution in [3.63, 3.8) is 0 Å². The predicted molar refractivity (Wildman–Crippen MR) is 97.8 cm³/mol. The Hall–Kier alpha value is -2.89. The number of piperidine rings is 1. The second-order valence-corrected chi connectivity index (χ2v) is 7.11. The smallest absolute Gasteiger partial charge is 0.317 e. The Morgan fingerprint density at radius 2 is 2.10 bits per heavy atom. The van der Waals surface area contributed by atoms with E-state index in [1.54, 1.807) is 12.1 Å². The van der Waals surface area contributed by atoms with E-state index < -0.39 is 33.8 Å². The van der Waals surface area contributed by atoms with E-state index in [9.17, 15) is 28.1 Å². The molecule has 12 heteroatoms. The summed E-state index contributed by atoms with van der Waals surface area (Å²) in [5, 5.41) is 17.5. The highest BCUT2D eigenvalue weighted by atomic mass is 32.2. The predicted octanol–water partition coefficient (Wildman–Crippen LogP) is 4.35. The summed E-state index contributed by atoms with van der Waals surface area (Å²) in [5.74, 6) is 0. The fraction of sp³-hybridized carbons (Fsp3) is 0.353. The maximum absolute atomic E-state index is 13.1. The van der Waals surface area contributed by atoms with Crippen molar-refractivity contribution in [2.45, 2.75) is 36.5 Å². The maximum Gasteiger partial charge on any atom is 0.419 e. The Kier molecular flexibility index (Phi) is 6.20. The van der Waals surface area contributed by atoms with Crippen molar-refractivity contribution in [1.82, 2.24) is 19.8 Å². The van der Waals surface area contributed by atoms with Gasteiger partial charge in [-0.25, -0.2) is 4.79 Å². The van der Waals surface area contributed by atoms with E-state index in [1.165, 1.54) is 17.0 Å². The molecule has 0 bridgehead atoms. The molecule has 1 unspecified atom stereocenters. The number of benzene rings is 1. The van der Waals surface area contributed by atoms with Gasteiger partial charge in [0.1, 0.15) is 0 Å². The summed E-state index contributed by atoms with van der Waals surface area (Å²) in [4.78, 5) is 24.7. The molecule has 154 valence electrons. The van der Waals surface area contributed by atoms with Gasteiger partial charge in [0.15, 0.2) is 5.03 Å². The lowest BCUT2D eigenvalue weighted by Gasteiger charge is -2.35. The lowest BCUT2D eigenvalue weighted by Crippen LogP contribution is -2.42. The lowest BCUT2D eigenvalue weighted by molar-refractivity contribution is -0.385. The number of halogens is 3. The second-order valence-electron chi connectivity index (χ2n) is 6.31. The number of amides is 2. The van der Waals surface area contributed by atoms with Gasteiger partial charge in [0, 0.05) is 30.6 Å². The zero-order valence-corrected chi connectivity index (χ0v) is 15.7. The quantitative estimate of drug-likeness (QED) is 0.442. The largest absolute Gasteiger partial charge is 0.419 e. The first-order chi connectivity index (χ1) is 13.8. The van der Waals surface area contributed by atoms with Crippen molar-refractivity contribution >= 4 is 23.7 Å². The van der Waals surface area contributed by atoms with Gasteiger partial charge in [0.25, 0.3) is 5.69 Å². The van der Waals surface area contributed by atoms with Crippen LogP contribution in [0.5, 0.6) is 0 Å². The zero-order chi connectivity index (χ0) is 21.0. The number of alkyl halides is 3. The Labute approximate surface area is 167 Å². The molecule has 2 heterocycles. The molecule has 0 aliphatic carbocycles. The summed E-state index contributed by atoms with van der Waals surface area (Å²) < 4.78 is 41.5. The van der Waals surface area contributed by atoms with Crippen LogP contribution in [0, 0.1) is 10.1 Å². The molecular weight excluding hydrogens is 411 g/mol. The summed E-state index contributed by atoms with van der Waals surface area (Å²) >= 11 is 0.438. The van der Waals surface area contributed by atoms with Gasteiger partial charge in [-0.1, -0.05) is 12.1 Å². The van der Waals surface area contributed by atoms with Crippen molar-refractivity contribution < 1.29 is 22.9 Å². The van der Waals surface area contributed by atoms with Crippen LogP contribution >= 0.6 is 11.9 Å². The van der Waals surface area contributed by atoms with Gasteiger partial charge in [-0.2, -0.15) is 18.3 Å². The molecule has 1 fully saturated rings. The van der Waals surface area contributed by atoms with Gasteiger partial charge in [0.2, 0.25) is 0 Å². The number of likely N-dealkylation sites (tertiary alicyclic amines) is 1. The number of nitro groups is 1. The summed E-state index contributed by atoms with van der Waals surface area (Å²) in [5.41, 5.74) is -0.474. The van der Waals surface area contributed by atoms with Crippen molar-refractivity contribution in [3.05, 3.63) is 57.8 Å². The molecule has 1 saturated heterocycles. The number of carbonyl (C=O) groups excluding carboxylic acids is 1. The van der Waals surface area contributed by atoms with Crippen molar-refractivity contribution in [3.8, 4) is 0 Å². The van der Waals surface area contributed by atoms with E-state index in [0.717, 1.165) is 25.1 Å². The molecule has 3 rings (SSSR count). The van der Waals surface area contributed by atoms with Crippen LogP contribution in [0.15, 0.2) is 41.6 Å². The Morgan fingerprint density at radius 3 is 2.83 bits per heavy atom. The molecule has 1 aromatic heterocycles. The van der Waals surface area contributed by atoms with Gasteiger partial charge < -0.3 is 4.90 Å². The van der Waals surface area contributed by atoms with E-state index in [4.69, 9.17) is 0 Å². The molecule has 8 nitrogen and oxygen atoms in total. The molecule has 0 spiro atoms. The van der Waals surface area contributed by atoms with Crippen molar-refractivity contribution in [1.29, 1.82) is 0 Å². The van der Waals surface area contributed by atoms with Crippen LogP contribution in [0.2, 0.25) is 0 Å². The number of nitrogens with one attached hydrogen (secondary N) is 1. The highest BCUT2D eigenvalue weighted by Gasteiger charge is 2.35. The average molecular weight is 427 g/mol. The minimum absolute atomic E-state index is 0.0859. The van der Waals surface area contributed by atoms with Crippen LogP contribution in [0.3, 0.4) is 0 Å². The molecule has 0 radical (unpaired) electrons. The van der Waals surface area contributed by atoms with Crippen LogP contribution in [0.25, 0.3) is 0 Å². The SMILES string of the molecule is O=C(NSc1nnccc1C(F)(F)F)N1CCCCC1c1cccc([N+](=O)[O-])c1. The Bertz CT molecular complexity index is 912. The van der Waals surface area contributed by atoms with Gasteiger partial charge >= 0.3 is 12.2 Å². The molecule has 1 aliphatic rings. The third-order valence-electron chi connectivity index (χ3n) is 4.46. The molecule has 2 aromatic rings. The number of hydrogen-bond acceptors (Lipinski definition) is 6. The van der Waals surface area contributed by atoms with E-state index in [0.29, 0.717) is 30.5 Å². The summed E-state index contributed by atoms with van der Waals surface area (Å²) in [7, 11) is 0. The average Bonchev–Trinajstić information content (AvgIpc) is 2.71. The number of hydrogen-bond donors (Lipinski definition) is 1. The topological polar surface area (TPSA) is 101 Å². The first-order valence-electron chi connectivity index (χ1n) is 8.64. The molecule has 1 atom stereocenters. The third-order valence-corrected chi connectivity index (χ3v) is 5.23. The second kappa shape index (κ2) is 8.64. The van der Waals surface area contributed by atoms with E-state index in [1.807, 2.05) is 0 Å². The number of aromatic nitrogens is 2. The first-order valence-corrected chi connectivity index (χ1v) is 9.45. The monoisotopic (exact) mass is 427 g/mol. The van der Waals surface area contributed by atoms with Crippen LogP contribution in [-0.2, 0) is 6.18 Å². The number of nitrogens with zero attached hydrogens (tertiary/aromatic N) is 4. The molecule has 2 amide bonds. The number of non-ortho nitro benzene ring substituents is 1. The minimum Gasteiger partial charge on any atom is -0.317 e. The standard InChI is InChI=1S/C17H16F3N5O3S/c18-17(19,20)13-7-8-21-22-15(13)29-23-16(26)24-9-2-1-6-14(24)11-4-3-5-12(10-11)25(27)28/h3-5,7-8,10,14H,1-2,6,9H2,(H,23,26). The molecule has 1 aromatic carbocycles. The highest BCUT2D eigenvalue weighted by molar-refractivity contribution is 7.97. The van der Waals surface area contributed by atoms with E-state index in [2.05, 4.69) is 14.9 Å². The summed E-state index contributed by atoms with van der Waals surface area (Å²) in [6.07, 6.45) is -1.55. The maximum atomic E-state index is 13.1. The fourth-order valence-electron chi connectivity index (χ4n) is 3.13. The molecule has 1 N–H and O–H groups in total. The van der Waals surface area contributed by atoms with Gasteiger partial charge in [0.05, 0.1) is 22.7 Å². The zero-order valence-electron chi connectivity index (χ0n) is 14.9. The normalized spacial score (nSPS) is 17.1. The highest BCUT2D eigenvalue weighted by Crippen LogP contribution is 2.35. The molecular formula is C17H16F3N5O3S. The number of urea groups is 1. The van der Waals surface area contributed by atoms with Gasteiger partial charge in [-0.3, -0.25) is 14.8 Å².